The number of alkyl halides is 3. The van der Waals surface area contributed by atoms with Crippen molar-refractivity contribution < 1.29 is 27.9 Å². The lowest BCUT2D eigenvalue weighted by Crippen LogP contribution is -2.33. The molecule has 1 amide bonds. The van der Waals surface area contributed by atoms with Gasteiger partial charge in [-0.2, -0.15) is 13.2 Å². The molecule has 0 bridgehead atoms. The maximum Gasteiger partial charge on any atom is 0.490 e. The highest BCUT2D eigenvalue weighted by molar-refractivity contribution is 5.73. The number of rotatable bonds is 0. The van der Waals surface area contributed by atoms with Crippen molar-refractivity contribution in [2.75, 3.05) is 13.1 Å². The van der Waals surface area contributed by atoms with Gasteiger partial charge in [-0.25, -0.2) is 4.79 Å². The summed E-state index contributed by atoms with van der Waals surface area (Å²) < 4.78 is 31.7. The van der Waals surface area contributed by atoms with E-state index in [1.165, 1.54) is 19.3 Å². The van der Waals surface area contributed by atoms with E-state index in [4.69, 9.17) is 9.90 Å². The minimum absolute atomic E-state index is 0.231. The number of carboxylic acids is 1. The number of carboxylic acid groups (broad SMARTS) is 1. The van der Waals surface area contributed by atoms with E-state index in [1.54, 1.807) is 6.92 Å². The van der Waals surface area contributed by atoms with Gasteiger partial charge in [0.05, 0.1) is 0 Å². The summed E-state index contributed by atoms with van der Waals surface area (Å²) in [6.45, 7) is 3.61. The molecule has 1 aliphatic heterocycles. The number of amides is 1. The smallest absolute Gasteiger partial charge is 0.475 e. The second kappa shape index (κ2) is 6.34. The number of likely N-dealkylation sites (tertiary alicyclic amines) is 1. The summed E-state index contributed by atoms with van der Waals surface area (Å²) in [7, 11) is 0. The van der Waals surface area contributed by atoms with Crippen LogP contribution in [0.15, 0.2) is 0 Å². The van der Waals surface area contributed by atoms with Gasteiger partial charge in [0, 0.05) is 20.0 Å². The van der Waals surface area contributed by atoms with Crippen LogP contribution in [0.4, 0.5) is 13.2 Å². The lowest BCUT2D eigenvalue weighted by Gasteiger charge is -2.24. The summed E-state index contributed by atoms with van der Waals surface area (Å²) in [6, 6.07) is 0. The second-order valence-electron chi connectivity index (χ2n) is 3.37. The first-order valence-electron chi connectivity index (χ1n) is 4.80. The Balaban J connectivity index is 0.000000293. The zero-order chi connectivity index (χ0) is 12.8. The Kier molecular flexibility index (Phi) is 5.84. The average molecular weight is 241 g/mol. The molecule has 0 unspecified atom stereocenters. The van der Waals surface area contributed by atoms with E-state index >= 15 is 0 Å². The van der Waals surface area contributed by atoms with Crippen molar-refractivity contribution in [2.24, 2.45) is 0 Å². The van der Waals surface area contributed by atoms with Gasteiger partial charge >= 0.3 is 12.1 Å². The quantitative estimate of drug-likeness (QED) is 0.701. The van der Waals surface area contributed by atoms with Crippen molar-refractivity contribution in [1.29, 1.82) is 0 Å². The van der Waals surface area contributed by atoms with Gasteiger partial charge in [-0.1, -0.05) is 0 Å². The number of piperidine rings is 1. The minimum Gasteiger partial charge on any atom is -0.475 e. The summed E-state index contributed by atoms with van der Waals surface area (Å²) >= 11 is 0. The van der Waals surface area contributed by atoms with Crippen molar-refractivity contribution >= 4 is 11.9 Å². The summed E-state index contributed by atoms with van der Waals surface area (Å²) in [6.07, 6.45) is -1.40. The topological polar surface area (TPSA) is 57.6 Å². The van der Waals surface area contributed by atoms with Crippen molar-refractivity contribution in [3.05, 3.63) is 0 Å². The first kappa shape index (κ1) is 14.7. The molecule has 4 nitrogen and oxygen atoms in total. The standard InChI is InChI=1S/C7H13NO.C2HF3O2/c1-7(9)8-5-3-2-4-6-8;3-2(4,5)1(6)7/h2-6H2,1H3;(H,6,7). The predicted octanol–water partition coefficient (Wildman–Crippen LogP) is 1.65. The van der Waals surface area contributed by atoms with Crippen LogP contribution in [0.1, 0.15) is 26.2 Å². The molecule has 0 atom stereocenters. The summed E-state index contributed by atoms with van der Waals surface area (Å²) in [5.41, 5.74) is 0. The number of carbonyl (C=O) groups excluding carboxylic acids is 1. The number of aliphatic carboxylic acids is 1. The summed E-state index contributed by atoms with van der Waals surface area (Å²) in [4.78, 5) is 21.5. The Bertz CT molecular complexity index is 247. The van der Waals surface area contributed by atoms with Gasteiger partial charge in [0.2, 0.25) is 5.91 Å². The lowest BCUT2D eigenvalue weighted by molar-refractivity contribution is -0.192. The Morgan fingerprint density at radius 3 is 1.69 bits per heavy atom. The highest BCUT2D eigenvalue weighted by Crippen LogP contribution is 2.13. The molecule has 1 aliphatic rings. The SMILES string of the molecule is CC(=O)N1CCCCC1.O=C(O)C(F)(F)F. The first-order chi connectivity index (χ1) is 7.25. The zero-order valence-corrected chi connectivity index (χ0v) is 8.88. The zero-order valence-electron chi connectivity index (χ0n) is 8.88. The molecular weight excluding hydrogens is 227 g/mol. The molecule has 7 heteroatoms. The molecule has 0 aromatic heterocycles. The minimum atomic E-state index is -5.08. The molecule has 0 spiro atoms. The first-order valence-corrected chi connectivity index (χ1v) is 4.80. The van der Waals surface area contributed by atoms with Crippen LogP contribution in [-0.4, -0.2) is 41.1 Å². The molecule has 16 heavy (non-hydrogen) atoms. The van der Waals surface area contributed by atoms with E-state index in [0.717, 1.165) is 13.1 Å². The van der Waals surface area contributed by atoms with E-state index in [1.807, 2.05) is 4.90 Å². The van der Waals surface area contributed by atoms with E-state index in [-0.39, 0.29) is 5.91 Å². The maximum atomic E-state index is 10.7. The third-order valence-electron chi connectivity index (χ3n) is 2.04. The van der Waals surface area contributed by atoms with Gasteiger partial charge in [0.25, 0.3) is 0 Å². The molecule has 0 aromatic carbocycles. The lowest BCUT2D eigenvalue weighted by atomic mass is 10.1. The molecule has 1 saturated heterocycles. The highest BCUT2D eigenvalue weighted by atomic mass is 19.4. The Labute approximate surface area is 91.0 Å². The fourth-order valence-corrected chi connectivity index (χ4v) is 1.21. The van der Waals surface area contributed by atoms with Crippen LogP contribution < -0.4 is 0 Å². The molecule has 0 saturated carbocycles. The van der Waals surface area contributed by atoms with E-state index in [9.17, 15) is 18.0 Å². The Morgan fingerprint density at radius 2 is 1.50 bits per heavy atom. The normalized spacial score (nSPS) is 16.1. The van der Waals surface area contributed by atoms with Crippen LogP contribution >= 0.6 is 0 Å². The van der Waals surface area contributed by atoms with E-state index in [0.29, 0.717) is 0 Å². The number of halogens is 3. The van der Waals surface area contributed by atoms with Gasteiger partial charge in [0.1, 0.15) is 0 Å². The van der Waals surface area contributed by atoms with Gasteiger partial charge < -0.3 is 10.0 Å². The molecule has 1 heterocycles. The van der Waals surface area contributed by atoms with E-state index < -0.39 is 12.1 Å². The number of hydrogen-bond donors (Lipinski definition) is 1. The van der Waals surface area contributed by atoms with Gasteiger partial charge in [0.15, 0.2) is 0 Å². The number of carbonyl (C=O) groups is 2. The van der Waals surface area contributed by atoms with Crippen LogP contribution in [0.25, 0.3) is 0 Å². The fraction of sp³-hybridized carbons (Fsp3) is 0.778. The average Bonchev–Trinajstić information content (AvgIpc) is 2.18. The predicted molar refractivity (Wildman–Crippen MR) is 49.8 cm³/mol. The van der Waals surface area contributed by atoms with Crippen molar-refractivity contribution in [2.45, 2.75) is 32.4 Å². The van der Waals surface area contributed by atoms with Crippen molar-refractivity contribution in [1.82, 2.24) is 4.90 Å². The second-order valence-corrected chi connectivity index (χ2v) is 3.37. The molecule has 94 valence electrons. The van der Waals surface area contributed by atoms with Crippen LogP contribution in [0.2, 0.25) is 0 Å². The van der Waals surface area contributed by atoms with Crippen molar-refractivity contribution in [3.8, 4) is 0 Å². The third kappa shape index (κ3) is 6.26. The van der Waals surface area contributed by atoms with Gasteiger partial charge in [-0.3, -0.25) is 4.79 Å². The van der Waals surface area contributed by atoms with Crippen molar-refractivity contribution in [3.63, 3.8) is 0 Å². The third-order valence-corrected chi connectivity index (χ3v) is 2.04. The van der Waals surface area contributed by atoms with Gasteiger partial charge in [-0.15, -0.1) is 0 Å². The van der Waals surface area contributed by atoms with Gasteiger partial charge in [-0.05, 0) is 19.3 Å². The largest absolute Gasteiger partial charge is 0.490 e. The fourth-order valence-electron chi connectivity index (χ4n) is 1.21. The molecule has 1 N–H and O–H groups in total. The van der Waals surface area contributed by atoms with Crippen LogP contribution in [0.5, 0.6) is 0 Å². The Morgan fingerprint density at radius 1 is 1.12 bits per heavy atom. The van der Waals surface area contributed by atoms with E-state index in [2.05, 4.69) is 0 Å². The highest BCUT2D eigenvalue weighted by Gasteiger charge is 2.38. The van der Waals surface area contributed by atoms with Crippen LogP contribution in [-0.2, 0) is 9.59 Å². The number of hydrogen-bond acceptors (Lipinski definition) is 2. The maximum absolute atomic E-state index is 10.7. The number of nitrogens with zero attached hydrogens (tertiary/aromatic N) is 1. The van der Waals surface area contributed by atoms with Crippen LogP contribution in [0, 0.1) is 0 Å². The molecule has 0 radical (unpaired) electrons. The van der Waals surface area contributed by atoms with Crippen LogP contribution in [0.3, 0.4) is 0 Å². The molecule has 1 fully saturated rings. The molecule has 0 aliphatic carbocycles. The molecule has 1 rings (SSSR count). The summed E-state index contributed by atoms with van der Waals surface area (Å²) in [5, 5.41) is 7.12. The molecular formula is C9H14F3NO3. The monoisotopic (exact) mass is 241 g/mol. The molecule has 0 aromatic rings. The Hall–Kier alpha value is -1.27. The summed E-state index contributed by atoms with van der Waals surface area (Å²) in [5.74, 6) is -2.53.